The van der Waals surface area contributed by atoms with Crippen LogP contribution in [0.4, 0.5) is 8.78 Å². The van der Waals surface area contributed by atoms with Crippen LogP contribution in [0.25, 0.3) is 88.6 Å². The van der Waals surface area contributed by atoms with Gasteiger partial charge in [0.05, 0.1) is 44.8 Å². The second-order valence-electron chi connectivity index (χ2n) is 11.8. The molecule has 0 atom stereocenters. The van der Waals surface area contributed by atoms with E-state index < -0.39 is 0 Å². The number of pyridine rings is 4. The predicted octanol–water partition coefficient (Wildman–Crippen LogP) is 10.8. The molecule has 4 nitrogen and oxygen atoms in total. The molecule has 0 saturated carbocycles. The number of hydrogen-bond donors (Lipinski definition) is 0. The molecule has 0 bridgehead atoms. The summed E-state index contributed by atoms with van der Waals surface area (Å²) in [5.41, 5.74) is 9.41. The summed E-state index contributed by atoms with van der Waals surface area (Å²) in [4.78, 5) is 20.1. The average molecular weight is 623 g/mol. The quantitative estimate of drug-likeness (QED) is 0.183. The minimum absolute atomic E-state index is 0.299. The molecular formula is C42H24F2N4. The van der Waals surface area contributed by atoms with Crippen LogP contribution in [0.2, 0.25) is 0 Å². The zero-order chi connectivity index (χ0) is 32.2. The highest BCUT2D eigenvalue weighted by molar-refractivity contribution is 6.05. The van der Waals surface area contributed by atoms with Gasteiger partial charge in [-0.2, -0.15) is 0 Å². The van der Waals surface area contributed by atoms with E-state index in [9.17, 15) is 8.78 Å². The van der Waals surface area contributed by atoms with Crippen LogP contribution in [0.15, 0.2) is 146 Å². The van der Waals surface area contributed by atoms with E-state index in [4.69, 9.17) is 19.9 Å². The van der Waals surface area contributed by atoms with Crippen molar-refractivity contribution in [2.45, 2.75) is 0 Å². The van der Waals surface area contributed by atoms with Crippen LogP contribution in [0.1, 0.15) is 0 Å². The van der Waals surface area contributed by atoms with Gasteiger partial charge in [-0.3, -0.25) is 0 Å². The molecular weight excluding hydrogens is 598 g/mol. The number of rotatable bonds is 4. The maximum absolute atomic E-state index is 14.0. The Balaban J connectivity index is 1.14. The van der Waals surface area contributed by atoms with E-state index in [-0.39, 0.29) is 11.6 Å². The molecule has 0 radical (unpaired) electrons. The Bertz CT molecular complexity index is 2540. The van der Waals surface area contributed by atoms with Gasteiger partial charge < -0.3 is 0 Å². The summed E-state index contributed by atoms with van der Waals surface area (Å²) < 4.78 is 28.0. The first-order valence-corrected chi connectivity index (χ1v) is 15.6. The molecule has 4 heterocycles. The van der Waals surface area contributed by atoms with Crippen LogP contribution in [0, 0.1) is 11.6 Å². The molecule has 4 aromatic heterocycles. The lowest BCUT2D eigenvalue weighted by Crippen LogP contribution is -1.92. The molecule has 9 rings (SSSR count). The number of nitrogens with zero attached hydrogens (tertiary/aromatic N) is 4. The van der Waals surface area contributed by atoms with Crippen LogP contribution in [-0.4, -0.2) is 19.9 Å². The van der Waals surface area contributed by atoms with Gasteiger partial charge in [0.15, 0.2) is 0 Å². The molecule has 9 aromatic rings. The topological polar surface area (TPSA) is 51.6 Å². The first-order valence-electron chi connectivity index (χ1n) is 15.6. The number of fused-ring (bicyclic) bond motifs is 6. The Labute approximate surface area is 274 Å². The van der Waals surface area contributed by atoms with Gasteiger partial charge in [0, 0.05) is 43.8 Å². The van der Waals surface area contributed by atoms with Crippen LogP contribution >= 0.6 is 0 Å². The molecule has 0 aliphatic carbocycles. The maximum Gasteiger partial charge on any atom is 0.123 e. The van der Waals surface area contributed by atoms with E-state index in [1.54, 1.807) is 12.1 Å². The number of hydrogen-bond acceptors (Lipinski definition) is 4. The second-order valence-corrected chi connectivity index (χ2v) is 11.8. The van der Waals surface area contributed by atoms with E-state index in [0.29, 0.717) is 22.5 Å². The maximum atomic E-state index is 14.0. The Hall–Kier alpha value is -6.40. The molecule has 0 aliphatic heterocycles. The van der Waals surface area contributed by atoms with Crippen molar-refractivity contribution in [3.63, 3.8) is 0 Å². The molecule has 5 aromatic carbocycles. The molecule has 6 heteroatoms. The molecule has 0 unspecified atom stereocenters. The van der Waals surface area contributed by atoms with Crippen molar-refractivity contribution < 1.29 is 8.78 Å². The van der Waals surface area contributed by atoms with E-state index in [1.807, 2.05) is 91.0 Å². The summed E-state index contributed by atoms with van der Waals surface area (Å²) in [6.07, 6.45) is 0. The average Bonchev–Trinajstić information content (AvgIpc) is 3.14. The van der Waals surface area contributed by atoms with Gasteiger partial charge in [0.1, 0.15) is 11.6 Å². The molecule has 226 valence electrons. The van der Waals surface area contributed by atoms with Crippen LogP contribution < -0.4 is 0 Å². The third-order valence-electron chi connectivity index (χ3n) is 8.73. The Kier molecular flexibility index (Phi) is 6.47. The Morgan fingerprint density at radius 3 is 0.875 bits per heavy atom. The van der Waals surface area contributed by atoms with Gasteiger partial charge in [0.2, 0.25) is 0 Å². The van der Waals surface area contributed by atoms with Gasteiger partial charge in [-0.1, -0.05) is 91.0 Å². The monoisotopic (exact) mass is 622 g/mol. The largest absolute Gasteiger partial charge is 0.245 e. The van der Waals surface area contributed by atoms with Gasteiger partial charge in [0.25, 0.3) is 0 Å². The fraction of sp³-hybridized carbons (Fsp3) is 0. The highest BCUT2D eigenvalue weighted by Gasteiger charge is 2.12. The molecule has 0 amide bonds. The number of halogens is 2. The molecule has 0 spiro atoms. The first-order chi connectivity index (χ1) is 23.6. The fourth-order valence-electron chi connectivity index (χ4n) is 6.31. The third-order valence-corrected chi connectivity index (χ3v) is 8.73. The van der Waals surface area contributed by atoms with Crippen LogP contribution in [-0.2, 0) is 0 Å². The molecule has 0 N–H and O–H groups in total. The molecule has 0 saturated heterocycles. The minimum Gasteiger partial charge on any atom is -0.245 e. The summed E-state index contributed by atoms with van der Waals surface area (Å²) in [5.74, 6) is -0.599. The van der Waals surface area contributed by atoms with Gasteiger partial charge >= 0.3 is 0 Å². The van der Waals surface area contributed by atoms with E-state index in [1.165, 1.54) is 24.3 Å². The van der Waals surface area contributed by atoms with Gasteiger partial charge in [-0.05, 0) is 54.6 Å². The lowest BCUT2D eigenvalue weighted by molar-refractivity contribution is 0.628. The smallest absolute Gasteiger partial charge is 0.123 e. The summed E-state index contributed by atoms with van der Waals surface area (Å²) in [5, 5.41) is 3.87. The second kappa shape index (κ2) is 11.1. The van der Waals surface area contributed by atoms with Crippen molar-refractivity contribution in [2.24, 2.45) is 0 Å². The predicted molar refractivity (Wildman–Crippen MR) is 189 cm³/mol. The minimum atomic E-state index is -0.299. The van der Waals surface area contributed by atoms with E-state index in [2.05, 4.69) is 18.2 Å². The zero-order valence-electron chi connectivity index (χ0n) is 25.4. The SMILES string of the molecule is Fc1cccc(-c2ccc3ccc4ccc(-c5cccc(-c6ccc7ccc8ccc(-c9cccc(F)c9)nc8c7n6)c5)nc4c3n2)c1. The zero-order valence-corrected chi connectivity index (χ0v) is 25.4. The molecule has 48 heavy (non-hydrogen) atoms. The van der Waals surface area contributed by atoms with E-state index in [0.717, 1.165) is 66.1 Å². The van der Waals surface area contributed by atoms with Crippen molar-refractivity contribution in [2.75, 3.05) is 0 Å². The first kappa shape index (κ1) is 27.9. The van der Waals surface area contributed by atoms with Gasteiger partial charge in [-0.15, -0.1) is 0 Å². The Morgan fingerprint density at radius 1 is 0.292 bits per heavy atom. The summed E-state index contributed by atoms with van der Waals surface area (Å²) in [6, 6.07) is 45.3. The van der Waals surface area contributed by atoms with Crippen molar-refractivity contribution in [1.82, 2.24) is 19.9 Å². The van der Waals surface area contributed by atoms with Gasteiger partial charge in [-0.25, -0.2) is 28.7 Å². The summed E-state index contributed by atoms with van der Waals surface area (Å²) in [7, 11) is 0. The number of benzene rings is 5. The lowest BCUT2D eigenvalue weighted by atomic mass is 10.0. The van der Waals surface area contributed by atoms with Crippen molar-refractivity contribution >= 4 is 43.6 Å². The number of aromatic nitrogens is 4. The van der Waals surface area contributed by atoms with Crippen molar-refractivity contribution in [3.05, 3.63) is 157 Å². The van der Waals surface area contributed by atoms with Crippen LogP contribution in [0.3, 0.4) is 0 Å². The van der Waals surface area contributed by atoms with Crippen LogP contribution in [0.5, 0.6) is 0 Å². The lowest BCUT2D eigenvalue weighted by Gasteiger charge is -2.10. The molecule has 0 aliphatic rings. The van der Waals surface area contributed by atoms with Crippen molar-refractivity contribution in [3.8, 4) is 45.0 Å². The molecule has 0 fully saturated rings. The summed E-state index contributed by atoms with van der Waals surface area (Å²) in [6.45, 7) is 0. The fourth-order valence-corrected chi connectivity index (χ4v) is 6.31. The third kappa shape index (κ3) is 4.91. The Morgan fingerprint density at radius 2 is 0.562 bits per heavy atom. The van der Waals surface area contributed by atoms with Crippen molar-refractivity contribution in [1.29, 1.82) is 0 Å². The highest BCUT2D eigenvalue weighted by Crippen LogP contribution is 2.32. The standard InChI is InChI=1S/C42H24F2N4/c43-33-8-2-6-31(23-33)37-20-16-27-12-10-25-14-18-35(45-39(25)41(27)47-37)29-4-1-5-30(22-29)36-19-15-26-11-13-28-17-21-38(48-42(28)40(26)46-36)32-7-3-9-34(44)24-32/h1-24H. The normalized spacial score (nSPS) is 11.5. The summed E-state index contributed by atoms with van der Waals surface area (Å²) >= 11 is 0. The highest BCUT2D eigenvalue weighted by atomic mass is 19.1. The van der Waals surface area contributed by atoms with E-state index >= 15 is 0 Å².